The van der Waals surface area contributed by atoms with E-state index in [1.54, 1.807) is 19.2 Å². The molecule has 110 valence electrons. The minimum atomic E-state index is -0.338. The molecule has 1 aromatic carbocycles. The van der Waals surface area contributed by atoms with Gasteiger partial charge >= 0.3 is 0 Å². The highest BCUT2D eigenvalue weighted by molar-refractivity contribution is 6.29. The fourth-order valence-electron chi connectivity index (χ4n) is 1.90. The molecule has 1 aromatic heterocycles. The number of rotatable bonds is 4. The number of nitrogens with zero attached hydrogens (tertiary/aromatic N) is 2. The number of anilines is 1. The number of benzene rings is 1. The van der Waals surface area contributed by atoms with Crippen molar-refractivity contribution in [3.05, 3.63) is 58.5 Å². The first-order valence-electron chi connectivity index (χ1n) is 6.13. The Morgan fingerprint density at radius 3 is 2.86 bits per heavy atom. The average molecular weight is 309 g/mol. The van der Waals surface area contributed by atoms with Crippen LogP contribution in [0.2, 0.25) is 5.15 Å². The van der Waals surface area contributed by atoms with Crippen molar-refractivity contribution in [2.24, 2.45) is 5.84 Å². The highest BCUT2D eigenvalue weighted by Gasteiger charge is 2.14. The first-order chi connectivity index (χ1) is 9.99. The molecule has 0 saturated heterocycles. The molecule has 0 fully saturated rings. The second-order valence-electron chi connectivity index (χ2n) is 4.50. The lowest BCUT2D eigenvalue weighted by Crippen LogP contribution is -2.26. The summed E-state index contributed by atoms with van der Waals surface area (Å²) in [5, 5.41) is 0.160. The van der Waals surface area contributed by atoms with Gasteiger partial charge in [0.25, 0.3) is 5.91 Å². The van der Waals surface area contributed by atoms with Crippen LogP contribution in [0, 0.1) is 5.82 Å². The summed E-state index contributed by atoms with van der Waals surface area (Å²) in [5.41, 5.74) is 3.39. The van der Waals surface area contributed by atoms with Crippen molar-refractivity contribution >= 4 is 23.3 Å². The number of nitrogens with two attached hydrogens (primary N) is 1. The van der Waals surface area contributed by atoms with Crippen LogP contribution < -0.4 is 11.3 Å². The number of amides is 1. The van der Waals surface area contributed by atoms with Crippen LogP contribution in [0.3, 0.4) is 0 Å². The summed E-state index contributed by atoms with van der Waals surface area (Å²) in [6, 6.07) is 9.04. The van der Waals surface area contributed by atoms with Crippen LogP contribution in [0.4, 0.5) is 10.2 Å². The summed E-state index contributed by atoms with van der Waals surface area (Å²) >= 11 is 5.83. The zero-order valence-corrected chi connectivity index (χ0v) is 12.1. The third kappa shape index (κ3) is 3.90. The number of hydrogen-bond acceptors (Lipinski definition) is 4. The Morgan fingerprint density at radius 2 is 2.19 bits per heavy atom. The van der Waals surface area contributed by atoms with E-state index in [0.717, 1.165) is 0 Å². The molecule has 0 aliphatic heterocycles. The Bertz CT molecular complexity index is 665. The van der Waals surface area contributed by atoms with Gasteiger partial charge in [-0.1, -0.05) is 23.7 Å². The van der Waals surface area contributed by atoms with E-state index in [9.17, 15) is 9.18 Å². The van der Waals surface area contributed by atoms with E-state index in [2.05, 4.69) is 10.4 Å². The molecule has 3 N–H and O–H groups in total. The quantitative estimate of drug-likeness (QED) is 0.517. The zero-order valence-electron chi connectivity index (χ0n) is 11.3. The summed E-state index contributed by atoms with van der Waals surface area (Å²) in [6.07, 6.45) is 0. The molecule has 1 heterocycles. The normalized spacial score (nSPS) is 10.3. The number of pyridine rings is 1. The van der Waals surface area contributed by atoms with Crippen LogP contribution in [0.1, 0.15) is 15.9 Å². The molecule has 0 aliphatic rings. The number of nitrogens with one attached hydrogen (secondary N) is 1. The highest BCUT2D eigenvalue weighted by Crippen LogP contribution is 2.16. The highest BCUT2D eigenvalue weighted by atomic mass is 35.5. The van der Waals surface area contributed by atoms with Crippen LogP contribution in [-0.4, -0.2) is 22.8 Å². The molecule has 5 nitrogen and oxygen atoms in total. The van der Waals surface area contributed by atoms with Gasteiger partial charge in [-0.15, -0.1) is 0 Å². The average Bonchev–Trinajstić information content (AvgIpc) is 2.45. The zero-order chi connectivity index (χ0) is 15.4. The second-order valence-corrected chi connectivity index (χ2v) is 4.89. The SMILES string of the molecule is CN(Cc1cccc(F)c1)C(=O)c1cc(Cl)nc(NN)c1. The van der Waals surface area contributed by atoms with E-state index < -0.39 is 0 Å². The van der Waals surface area contributed by atoms with Crippen LogP contribution >= 0.6 is 11.6 Å². The van der Waals surface area contributed by atoms with Gasteiger partial charge in [0.05, 0.1) is 0 Å². The van der Waals surface area contributed by atoms with Crippen molar-refractivity contribution in [3.63, 3.8) is 0 Å². The number of carbonyl (C=O) groups excluding carboxylic acids is 1. The van der Waals surface area contributed by atoms with E-state index in [0.29, 0.717) is 16.9 Å². The second kappa shape index (κ2) is 6.51. The van der Waals surface area contributed by atoms with Crippen LogP contribution in [-0.2, 0) is 6.54 Å². The van der Waals surface area contributed by atoms with Gasteiger partial charge in [0.1, 0.15) is 16.8 Å². The smallest absolute Gasteiger partial charge is 0.254 e. The fourth-order valence-corrected chi connectivity index (χ4v) is 2.10. The molecule has 0 unspecified atom stereocenters. The number of aromatic nitrogens is 1. The van der Waals surface area contributed by atoms with Gasteiger partial charge < -0.3 is 10.3 Å². The molecule has 7 heteroatoms. The van der Waals surface area contributed by atoms with Gasteiger partial charge in [-0.25, -0.2) is 15.2 Å². The van der Waals surface area contributed by atoms with E-state index in [-0.39, 0.29) is 23.4 Å². The molecule has 2 aromatic rings. The fraction of sp³-hybridized carbons (Fsp3) is 0.143. The summed E-state index contributed by atoms with van der Waals surface area (Å²) in [7, 11) is 1.62. The van der Waals surface area contributed by atoms with E-state index >= 15 is 0 Å². The van der Waals surface area contributed by atoms with Crippen molar-refractivity contribution in [1.82, 2.24) is 9.88 Å². The number of carbonyl (C=O) groups is 1. The van der Waals surface area contributed by atoms with E-state index in [4.69, 9.17) is 17.4 Å². The third-order valence-corrected chi connectivity index (χ3v) is 3.04. The lowest BCUT2D eigenvalue weighted by Gasteiger charge is -2.18. The number of hydrogen-bond donors (Lipinski definition) is 2. The Morgan fingerprint density at radius 1 is 1.43 bits per heavy atom. The van der Waals surface area contributed by atoms with Gasteiger partial charge in [0.2, 0.25) is 0 Å². The van der Waals surface area contributed by atoms with Crippen molar-refractivity contribution in [2.45, 2.75) is 6.54 Å². The molecule has 0 saturated carbocycles. The number of halogens is 2. The molecular formula is C14H14ClFN4O. The summed E-state index contributed by atoms with van der Waals surface area (Å²) in [4.78, 5) is 17.7. The third-order valence-electron chi connectivity index (χ3n) is 2.84. The Hall–Kier alpha value is -2.18. The molecule has 0 spiro atoms. The number of hydrazine groups is 1. The summed E-state index contributed by atoms with van der Waals surface area (Å²) in [6.45, 7) is 0.280. The molecule has 0 aliphatic carbocycles. The van der Waals surface area contributed by atoms with Gasteiger partial charge in [0.15, 0.2) is 0 Å². The van der Waals surface area contributed by atoms with Gasteiger partial charge in [-0.2, -0.15) is 0 Å². The molecule has 0 bridgehead atoms. The van der Waals surface area contributed by atoms with Gasteiger partial charge in [-0.3, -0.25) is 4.79 Å². The topological polar surface area (TPSA) is 71.2 Å². The first kappa shape index (κ1) is 15.2. The molecule has 1 amide bonds. The van der Waals surface area contributed by atoms with Crippen LogP contribution in [0.5, 0.6) is 0 Å². The molecular weight excluding hydrogens is 295 g/mol. The molecule has 0 radical (unpaired) electrons. The van der Waals surface area contributed by atoms with E-state index in [1.165, 1.54) is 29.2 Å². The van der Waals surface area contributed by atoms with Crippen LogP contribution in [0.15, 0.2) is 36.4 Å². The van der Waals surface area contributed by atoms with Crippen molar-refractivity contribution < 1.29 is 9.18 Å². The maximum absolute atomic E-state index is 13.1. The Balaban J connectivity index is 2.17. The van der Waals surface area contributed by atoms with Crippen molar-refractivity contribution in [1.29, 1.82) is 0 Å². The monoisotopic (exact) mass is 308 g/mol. The first-order valence-corrected chi connectivity index (χ1v) is 6.51. The molecule has 0 atom stereocenters. The van der Waals surface area contributed by atoms with Gasteiger partial charge in [0, 0.05) is 19.2 Å². The predicted octanol–water partition coefficient (Wildman–Crippen LogP) is 2.43. The minimum absolute atomic E-state index is 0.160. The Kier molecular flexibility index (Phi) is 4.72. The lowest BCUT2D eigenvalue weighted by molar-refractivity contribution is 0.0785. The van der Waals surface area contributed by atoms with Crippen molar-refractivity contribution in [2.75, 3.05) is 12.5 Å². The Labute approximate surface area is 126 Å². The van der Waals surface area contributed by atoms with Crippen LogP contribution in [0.25, 0.3) is 0 Å². The van der Waals surface area contributed by atoms with E-state index in [1.807, 2.05) is 0 Å². The molecule has 2 rings (SSSR count). The predicted molar refractivity (Wildman–Crippen MR) is 79.3 cm³/mol. The maximum atomic E-state index is 13.1. The summed E-state index contributed by atoms with van der Waals surface area (Å²) in [5.74, 6) is 4.96. The van der Waals surface area contributed by atoms with Gasteiger partial charge in [-0.05, 0) is 29.8 Å². The summed E-state index contributed by atoms with van der Waals surface area (Å²) < 4.78 is 13.1. The standard InChI is InChI=1S/C14H14ClFN4O/c1-20(8-9-3-2-4-11(16)5-9)14(21)10-6-12(15)18-13(7-10)19-17/h2-7H,8,17H2,1H3,(H,18,19). The lowest BCUT2D eigenvalue weighted by atomic mass is 10.2. The molecule has 21 heavy (non-hydrogen) atoms. The minimum Gasteiger partial charge on any atom is -0.337 e. The largest absolute Gasteiger partial charge is 0.337 e. The maximum Gasteiger partial charge on any atom is 0.254 e. The van der Waals surface area contributed by atoms with Crippen molar-refractivity contribution in [3.8, 4) is 0 Å². The number of nitrogen functional groups attached to an aromatic ring is 1.